The Hall–Kier alpha value is -2.95. The third-order valence-electron chi connectivity index (χ3n) is 4.85. The molecule has 0 radical (unpaired) electrons. The van der Waals surface area contributed by atoms with E-state index in [9.17, 15) is 10.2 Å². The summed E-state index contributed by atoms with van der Waals surface area (Å²) in [6.45, 7) is 1.10. The molecule has 3 aromatic rings. The number of fused-ring (bicyclic) bond motifs is 3. The molecule has 3 aromatic carbocycles. The van der Waals surface area contributed by atoms with Crippen LogP contribution >= 0.6 is 0 Å². The second kappa shape index (κ2) is 7.74. The van der Waals surface area contributed by atoms with Gasteiger partial charge in [0.2, 0.25) is 0 Å². The molecule has 4 heteroatoms. The average Bonchev–Trinajstić information content (AvgIpc) is 3.03. The fourth-order valence-electron chi connectivity index (χ4n) is 3.59. The predicted molar refractivity (Wildman–Crippen MR) is 110 cm³/mol. The molecule has 0 bridgehead atoms. The van der Waals surface area contributed by atoms with Gasteiger partial charge in [-0.1, -0.05) is 48.5 Å². The highest BCUT2D eigenvalue weighted by Gasteiger charge is 2.23. The summed E-state index contributed by atoms with van der Waals surface area (Å²) in [7, 11) is 0. The predicted octanol–water partition coefficient (Wildman–Crippen LogP) is 3.63. The summed E-state index contributed by atoms with van der Waals surface area (Å²) >= 11 is 0. The van der Waals surface area contributed by atoms with Crippen LogP contribution in [0.1, 0.15) is 11.1 Å². The van der Waals surface area contributed by atoms with Crippen molar-refractivity contribution in [1.82, 2.24) is 0 Å². The molecule has 0 heterocycles. The minimum atomic E-state index is 0.0532. The molecule has 4 nitrogen and oxygen atoms in total. The van der Waals surface area contributed by atoms with Crippen LogP contribution in [0.5, 0.6) is 0 Å². The SMILES string of the molecule is OCCN(CCO)c1ccc(N=C2c3ccccc3-c3ccccc32)cc1. The molecule has 1 aliphatic rings. The van der Waals surface area contributed by atoms with Crippen LogP contribution < -0.4 is 4.90 Å². The highest BCUT2D eigenvalue weighted by molar-refractivity contribution is 6.25. The van der Waals surface area contributed by atoms with Crippen LogP contribution in [0.25, 0.3) is 11.1 Å². The molecule has 4 rings (SSSR count). The normalized spacial score (nSPS) is 11.9. The molecule has 0 amide bonds. The van der Waals surface area contributed by atoms with E-state index in [2.05, 4.69) is 36.4 Å². The Balaban J connectivity index is 1.70. The van der Waals surface area contributed by atoms with Crippen LogP contribution in [0.4, 0.5) is 11.4 Å². The number of rotatable bonds is 6. The van der Waals surface area contributed by atoms with Gasteiger partial charge in [-0.15, -0.1) is 0 Å². The van der Waals surface area contributed by atoms with Gasteiger partial charge in [-0.3, -0.25) is 0 Å². The molecular formula is C23H22N2O2. The zero-order valence-corrected chi connectivity index (χ0v) is 15.0. The zero-order valence-electron chi connectivity index (χ0n) is 15.0. The number of anilines is 1. The molecule has 136 valence electrons. The lowest BCUT2D eigenvalue weighted by Crippen LogP contribution is -2.29. The smallest absolute Gasteiger partial charge is 0.0794 e. The van der Waals surface area contributed by atoms with Crippen molar-refractivity contribution in [3.8, 4) is 11.1 Å². The summed E-state index contributed by atoms with van der Waals surface area (Å²) in [6.07, 6.45) is 0. The molecule has 0 aromatic heterocycles. The second-order valence-corrected chi connectivity index (χ2v) is 6.50. The number of aliphatic hydroxyl groups excluding tert-OH is 2. The molecule has 0 fully saturated rings. The van der Waals surface area contributed by atoms with E-state index in [1.807, 2.05) is 41.3 Å². The van der Waals surface area contributed by atoms with Gasteiger partial charge in [-0.2, -0.15) is 0 Å². The van der Waals surface area contributed by atoms with Gasteiger partial charge in [0.05, 0.1) is 24.6 Å². The summed E-state index contributed by atoms with van der Waals surface area (Å²) in [4.78, 5) is 6.89. The molecular weight excluding hydrogens is 336 g/mol. The fraction of sp³-hybridized carbons (Fsp3) is 0.174. The Morgan fingerprint density at radius 1 is 0.630 bits per heavy atom. The highest BCUT2D eigenvalue weighted by Crippen LogP contribution is 2.37. The van der Waals surface area contributed by atoms with Crippen LogP contribution in [-0.2, 0) is 0 Å². The van der Waals surface area contributed by atoms with E-state index in [1.165, 1.54) is 11.1 Å². The standard InChI is InChI=1S/C23H22N2O2/c26-15-13-25(14-16-27)18-11-9-17(10-12-18)24-23-21-7-3-1-5-19(21)20-6-2-4-8-22(20)23/h1-12,26-27H,13-16H2. The monoisotopic (exact) mass is 358 g/mol. The Kier molecular flexibility index (Phi) is 5.01. The number of nitrogens with zero attached hydrogens (tertiary/aromatic N) is 2. The first-order valence-corrected chi connectivity index (χ1v) is 9.16. The molecule has 0 spiro atoms. The van der Waals surface area contributed by atoms with Gasteiger partial charge >= 0.3 is 0 Å². The van der Waals surface area contributed by atoms with Crippen LogP contribution in [0.2, 0.25) is 0 Å². The molecule has 0 aliphatic heterocycles. The van der Waals surface area contributed by atoms with Gasteiger partial charge in [0.25, 0.3) is 0 Å². The maximum atomic E-state index is 9.21. The second-order valence-electron chi connectivity index (χ2n) is 6.50. The maximum absolute atomic E-state index is 9.21. The van der Waals surface area contributed by atoms with Crippen LogP contribution in [0.3, 0.4) is 0 Å². The third kappa shape index (κ3) is 3.37. The molecule has 27 heavy (non-hydrogen) atoms. The summed E-state index contributed by atoms with van der Waals surface area (Å²) < 4.78 is 0. The van der Waals surface area contributed by atoms with E-state index in [4.69, 9.17) is 4.99 Å². The number of aliphatic imine (C=N–C) groups is 1. The first-order chi connectivity index (χ1) is 13.3. The summed E-state index contributed by atoms with van der Waals surface area (Å²) in [5, 5.41) is 18.4. The molecule has 0 unspecified atom stereocenters. The minimum Gasteiger partial charge on any atom is -0.395 e. The zero-order chi connectivity index (χ0) is 18.6. The third-order valence-corrected chi connectivity index (χ3v) is 4.85. The largest absolute Gasteiger partial charge is 0.395 e. The van der Waals surface area contributed by atoms with E-state index in [-0.39, 0.29) is 13.2 Å². The Morgan fingerprint density at radius 2 is 1.11 bits per heavy atom. The van der Waals surface area contributed by atoms with Crippen molar-refractivity contribution < 1.29 is 10.2 Å². The van der Waals surface area contributed by atoms with Crippen molar-refractivity contribution in [3.63, 3.8) is 0 Å². The van der Waals surface area contributed by atoms with E-state index in [1.54, 1.807) is 0 Å². The molecule has 0 atom stereocenters. The molecule has 2 N–H and O–H groups in total. The summed E-state index contributed by atoms with van der Waals surface area (Å²) in [6, 6.07) is 24.7. The van der Waals surface area contributed by atoms with Gasteiger partial charge in [0.15, 0.2) is 0 Å². The lowest BCUT2D eigenvalue weighted by atomic mass is 10.1. The van der Waals surface area contributed by atoms with E-state index >= 15 is 0 Å². The van der Waals surface area contributed by atoms with Crippen LogP contribution in [-0.4, -0.2) is 42.2 Å². The van der Waals surface area contributed by atoms with Gasteiger partial charge in [-0.05, 0) is 35.4 Å². The Bertz CT molecular complexity index is 911. The Morgan fingerprint density at radius 3 is 1.59 bits per heavy atom. The number of aliphatic hydroxyl groups is 2. The van der Waals surface area contributed by atoms with Gasteiger partial charge in [0, 0.05) is 29.9 Å². The van der Waals surface area contributed by atoms with Crippen LogP contribution in [0.15, 0.2) is 77.8 Å². The first-order valence-electron chi connectivity index (χ1n) is 9.16. The van der Waals surface area contributed by atoms with E-state index in [0.29, 0.717) is 13.1 Å². The number of hydrogen-bond acceptors (Lipinski definition) is 4. The van der Waals surface area contributed by atoms with Gasteiger partial charge in [0.1, 0.15) is 0 Å². The first kappa shape index (κ1) is 17.5. The summed E-state index contributed by atoms with van der Waals surface area (Å²) in [5.74, 6) is 0. The fourth-order valence-corrected chi connectivity index (χ4v) is 3.59. The molecule has 0 saturated heterocycles. The van der Waals surface area contributed by atoms with Crippen molar-refractivity contribution in [2.45, 2.75) is 0 Å². The van der Waals surface area contributed by atoms with Crippen molar-refractivity contribution in [1.29, 1.82) is 0 Å². The van der Waals surface area contributed by atoms with Crippen molar-refractivity contribution in [2.24, 2.45) is 4.99 Å². The van der Waals surface area contributed by atoms with Crippen molar-refractivity contribution >= 4 is 17.1 Å². The van der Waals surface area contributed by atoms with E-state index in [0.717, 1.165) is 28.2 Å². The molecule has 1 aliphatic carbocycles. The summed E-state index contributed by atoms with van der Waals surface area (Å²) in [5.41, 5.74) is 7.61. The van der Waals surface area contributed by atoms with Gasteiger partial charge < -0.3 is 15.1 Å². The topological polar surface area (TPSA) is 56.1 Å². The number of hydrogen-bond donors (Lipinski definition) is 2. The lowest BCUT2D eigenvalue weighted by Gasteiger charge is -2.22. The maximum Gasteiger partial charge on any atom is 0.0794 e. The van der Waals surface area contributed by atoms with Crippen molar-refractivity contribution in [3.05, 3.63) is 83.9 Å². The van der Waals surface area contributed by atoms with Gasteiger partial charge in [-0.25, -0.2) is 4.99 Å². The molecule has 0 saturated carbocycles. The van der Waals surface area contributed by atoms with E-state index < -0.39 is 0 Å². The quantitative estimate of drug-likeness (QED) is 0.553. The highest BCUT2D eigenvalue weighted by atomic mass is 16.3. The minimum absolute atomic E-state index is 0.0532. The lowest BCUT2D eigenvalue weighted by molar-refractivity contribution is 0.281. The number of benzene rings is 3. The average molecular weight is 358 g/mol. The Labute approximate surface area is 159 Å². The van der Waals surface area contributed by atoms with Crippen LogP contribution in [0, 0.1) is 0 Å². The van der Waals surface area contributed by atoms with Crippen molar-refractivity contribution in [2.75, 3.05) is 31.2 Å².